The van der Waals surface area contributed by atoms with E-state index >= 15 is 0 Å². The third-order valence-electron chi connectivity index (χ3n) is 10.7. The number of benzene rings is 7. The molecule has 10 aromatic rings. The number of fused-ring (bicyclic) bond motifs is 8. The summed E-state index contributed by atoms with van der Waals surface area (Å²) in [5.74, 6) is 0.906. The lowest BCUT2D eigenvalue weighted by Gasteiger charge is -2.10. The van der Waals surface area contributed by atoms with Crippen LogP contribution in [-0.2, 0) is 0 Å². The van der Waals surface area contributed by atoms with E-state index in [0.29, 0.717) is 0 Å². The van der Waals surface area contributed by atoms with E-state index in [2.05, 4.69) is 181 Å². The van der Waals surface area contributed by atoms with Gasteiger partial charge in [0.05, 0.1) is 21.3 Å². The molecule has 5 heteroatoms. The monoisotopic (exact) mass is 756 g/mol. The second kappa shape index (κ2) is 13.1. The standard InChI is InChI=1S/C50H32N2S3/c1-31-27-33(9-8-26-53-46-13-5-2-10-38(31)46)34-18-23-44-40(28-34)41-29-35(36-20-25-48-42(30-36)39-11-3-6-14-47(39)54-48)19-24-45(41)52(44)37-21-16-32(17-22-37)50-51-43-12-4-7-15-49(43)55-50/h2-25,27-30H,1,26H2/b9-8-,33-27+. The highest BCUT2D eigenvalue weighted by atomic mass is 32.2. The molecule has 0 unspecified atom stereocenters. The number of allylic oxidation sites excluding steroid dienone is 4. The SMILES string of the molecule is C=C1/C=C(c2ccc3c(c2)c2cc(-c4ccc5sc6ccccc6c5c4)ccc2n3-c2ccc(-c3nc4ccccc4s3)cc2)\C=C/CSc2ccccc21. The Morgan fingerprint density at radius 2 is 1.20 bits per heavy atom. The van der Waals surface area contributed by atoms with Crippen LogP contribution in [0, 0.1) is 0 Å². The summed E-state index contributed by atoms with van der Waals surface area (Å²) < 4.78 is 6.27. The van der Waals surface area contributed by atoms with Crippen molar-refractivity contribution in [2.24, 2.45) is 0 Å². The predicted octanol–water partition coefficient (Wildman–Crippen LogP) is 14.9. The molecule has 0 N–H and O–H groups in total. The predicted molar refractivity (Wildman–Crippen MR) is 241 cm³/mol. The number of nitrogens with zero attached hydrogens (tertiary/aromatic N) is 2. The molecule has 0 atom stereocenters. The van der Waals surface area contributed by atoms with Crippen molar-refractivity contribution in [2.45, 2.75) is 4.90 Å². The molecule has 2 nitrogen and oxygen atoms in total. The van der Waals surface area contributed by atoms with Gasteiger partial charge < -0.3 is 4.57 Å². The number of thioether (sulfide) groups is 1. The van der Waals surface area contributed by atoms with E-state index in [4.69, 9.17) is 4.98 Å². The molecule has 0 radical (unpaired) electrons. The van der Waals surface area contributed by atoms with Gasteiger partial charge in [0.2, 0.25) is 0 Å². The Labute approximate surface area is 331 Å². The smallest absolute Gasteiger partial charge is 0.124 e. The first-order valence-corrected chi connectivity index (χ1v) is 21.0. The Morgan fingerprint density at radius 3 is 2.04 bits per heavy atom. The lowest BCUT2D eigenvalue weighted by molar-refractivity contribution is 1.18. The Hall–Kier alpha value is -5.98. The van der Waals surface area contributed by atoms with Gasteiger partial charge in [0, 0.05) is 52.8 Å². The molecule has 0 fully saturated rings. The second-order valence-corrected chi connectivity index (χ2v) is 17.2. The molecule has 0 spiro atoms. The topological polar surface area (TPSA) is 17.8 Å². The maximum Gasteiger partial charge on any atom is 0.124 e. The van der Waals surface area contributed by atoms with E-state index < -0.39 is 0 Å². The van der Waals surface area contributed by atoms with Crippen LogP contribution in [0.4, 0.5) is 0 Å². The highest BCUT2D eigenvalue weighted by Gasteiger charge is 2.17. The van der Waals surface area contributed by atoms with Crippen molar-refractivity contribution in [3.63, 3.8) is 0 Å². The quantitative estimate of drug-likeness (QED) is 0.178. The maximum atomic E-state index is 4.93. The summed E-state index contributed by atoms with van der Waals surface area (Å²) in [5.41, 5.74) is 12.7. The fraction of sp³-hybridized carbons (Fsp3) is 0.0200. The van der Waals surface area contributed by atoms with E-state index in [-0.39, 0.29) is 0 Å². The first kappa shape index (κ1) is 32.5. The Kier molecular flexibility index (Phi) is 7.73. The summed E-state index contributed by atoms with van der Waals surface area (Å²) in [6.45, 7) is 4.52. The summed E-state index contributed by atoms with van der Waals surface area (Å²) in [6.07, 6.45) is 6.78. The fourth-order valence-electron chi connectivity index (χ4n) is 7.98. The zero-order valence-electron chi connectivity index (χ0n) is 29.7. The molecule has 3 aromatic heterocycles. The van der Waals surface area contributed by atoms with Crippen molar-refractivity contribution >= 4 is 97.8 Å². The Bertz CT molecular complexity index is 3190. The summed E-state index contributed by atoms with van der Waals surface area (Å²) >= 11 is 5.46. The number of rotatable bonds is 4. The van der Waals surface area contributed by atoms with Gasteiger partial charge in [-0.25, -0.2) is 4.98 Å². The van der Waals surface area contributed by atoms with Crippen molar-refractivity contribution in [2.75, 3.05) is 5.75 Å². The van der Waals surface area contributed by atoms with Gasteiger partial charge in [-0.2, -0.15) is 0 Å². The molecule has 0 bridgehead atoms. The minimum absolute atomic E-state index is 0.906. The normalized spacial score (nSPS) is 14.9. The van der Waals surface area contributed by atoms with Crippen molar-refractivity contribution < 1.29 is 0 Å². The van der Waals surface area contributed by atoms with E-state index in [1.807, 2.05) is 23.1 Å². The Morgan fingerprint density at radius 1 is 0.545 bits per heavy atom. The first-order chi connectivity index (χ1) is 27.1. The van der Waals surface area contributed by atoms with Gasteiger partial charge in [0.25, 0.3) is 0 Å². The van der Waals surface area contributed by atoms with E-state index in [1.165, 1.54) is 73.8 Å². The van der Waals surface area contributed by atoms with Crippen molar-refractivity contribution in [1.82, 2.24) is 9.55 Å². The average molecular weight is 757 g/mol. The average Bonchev–Trinajstić information content (AvgIpc) is 3.94. The summed E-state index contributed by atoms with van der Waals surface area (Å²) in [7, 11) is 0. The number of aromatic nitrogens is 2. The van der Waals surface area contributed by atoms with Gasteiger partial charge >= 0.3 is 0 Å². The number of para-hydroxylation sites is 1. The minimum atomic E-state index is 0.906. The number of hydrogen-bond donors (Lipinski definition) is 0. The lowest BCUT2D eigenvalue weighted by atomic mass is 9.97. The third-order valence-corrected chi connectivity index (χ3v) is 13.9. The number of thiophene rings is 1. The van der Waals surface area contributed by atoms with E-state index in [0.717, 1.165) is 38.7 Å². The van der Waals surface area contributed by atoms with E-state index in [9.17, 15) is 0 Å². The molecule has 0 saturated carbocycles. The van der Waals surface area contributed by atoms with Crippen LogP contribution in [0.1, 0.15) is 11.1 Å². The zero-order valence-corrected chi connectivity index (χ0v) is 32.1. The van der Waals surface area contributed by atoms with Crippen LogP contribution < -0.4 is 0 Å². The van der Waals surface area contributed by atoms with Gasteiger partial charge in [-0.15, -0.1) is 34.4 Å². The summed E-state index contributed by atoms with van der Waals surface area (Å²) in [6, 6.07) is 55.4. The minimum Gasteiger partial charge on any atom is -0.309 e. The van der Waals surface area contributed by atoms with Crippen LogP contribution in [0.15, 0.2) is 181 Å². The second-order valence-electron chi connectivity index (χ2n) is 14.0. The molecule has 1 aliphatic rings. The van der Waals surface area contributed by atoms with Crippen molar-refractivity contribution in [3.8, 4) is 27.4 Å². The molecule has 0 amide bonds. The van der Waals surface area contributed by atoms with Gasteiger partial charge in [0.15, 0.2) is 0 Å². The molecular weight excluding hydrogens is 725 g/mol. The number of thiazole rings is 1. The molecule has 0 aliphatic carbocycles. The molecule has 7 aromatic carbocycles. The number of hydrogen-bond acceptors (Lipinski definition) is 4. The van der Waals surface area contributed by atoms with Crippen LogP contribution in [0.5, 0.6) is 0 Å². The fourth-order valence-corrected chi connectivity index (χ4v) is 10.9. The highest BCUT2D eigenvalue weighted by molar-refractivity contribution is 7.99. The van der Waals surface area contributed by atoms with Crippen molar-refractivity contribution in [3.05, 3.63) is 188 Å². The lowest BCUT2D eigenvalue weighted by Crippen LogP contribution is -1.94. The van der Waals surface area contributed by atoms with Crippen LogP contribution in [0.25, 0.3) is 90.7 Å². The van der Waals surface area contributed by atoms with Crippen molar-refractivity contribution in [1.29, 1.82) is 0 Å². The molecule has 0 saturated heterocycles. The molecule has 55 heavy (non-hydrogen) atoms. The summed E-state index contributed by atoms with van der Waals surface area (Å²) in [5, 5.41) is 6.13. The molecular formula is C50H32N2S3. The molecule has 11 rings (SSSR count). The molecule has 4 heterocycles. The molecule has 260 valence electrons. The zero-order chi connectivity index (χ0) is 36.5. The van der Waals surface area contributed by atoms with Crippen LogP contribution in [-0.4, -0.2) is 15.3 Å². The summed E-state index contributed by atoms with van der Waals surface area (Å²) in [4.78, 5) is 6.20. The van der Waals surface area contributed by atoms with Crippen LogP contribution in [0.3, 0.4) is 0 Å². The van der Waals surface area contributed by atoms with Crippen LogP contribution >= 0.6 is 34.4 Å². The largest absolute Gasteiger partial charge is 0.309 e. The first-order valence-electron chi connectivity index (χ1n) is 18.4. The van der Waals surface area contributed by atoms with Gasteiger partial charge in [0.1, 0.15) is 5.01 Å². The maximum absolute atomic E-state index is 4.93. The van der Waals surface area contributed by atoms with Gasteiger partial charge in [-0.05, 0) is 124 Å². The van der Waals surface area contributed by atoms with E-state index in [1.54, 1.807) is 11.3 Å². The third kappa shape index (κ3) is 5.58. The highest BCUT2D eigenvalue weighted by Crippen LogP contribution is 2.41. The van der Waals surface area contributed by atoms with Gasteiger partial charge in [-0.3, -0.25) is 0 Å². The Balaban J connectivity index is 1.08. The molecule has 1 aliphatic heterocycles. The van der Waals surface area contributed by atoms with Crippen LogP contribution in [0.2, 0.25) is 0 Å². The van der Waals surface area contributed by atoms with Gasteiger partial charge in [-0.1, -0.05) is 85.5 Å².